The second-order valence-electron chi connectivity index (χ2n) is 10.0. The molecule has 9 nitrogen and oxygen atoms in total. The zero-order chi connectivity index (χ0) is 29.8. The van der Waals surface area contributed by atoms with E-state index < -0.39 is 0 Å². The Kier molecular flexibility index (Phi) is 7.94. The minimum absolute atomic E-state index is 0.480. The smallest absolute Gasteiger partial charge is 0.228 e. The lowest BCUT2D eigenvalue weighted by Gasteiger charge is -2.41. The summed E-state index contributed by atoms with van der Waals surface area (Å²) < 4.78 is 17.7. The number of nitriles is 1. The van der Waals surface area contributed by atoms with Crippen LogP contribution >= 0.6 is 0 Å². The highest BCUT2D eigenvalue weighted by atomic mass is 16.5. The summed E-state index contributed by atoms with van der Waals surface area (Å²) in [5, 5.41) is 16.5. The quantitative estimate of drug-likeness (QED) is 0.194. The molecule has 0 unspecified atom stereocenters. The standard InChI is InChI=1S/C34H31N5O4/c1-3-42-33-20-28-27(19-32(33)41-2)34(25(21-35)22-36-28)37-15-17-38(18-16-37)39(23-40)29-12-6-7-13-31(29)43-30-14-8-10-24-9-4-5-11-26(24)30/h4-14,19-20,22-23H,3,15-18H2,1-2H3. The Balaban J connectivity index is 1.27. The van der Waals surface area contributed by atoms with Crippen LogP contribution in [0.4, 0.5) is 11.4 Å². The number of carbonyl (C=O) groups excluding carboxylic acids is 1. The highest BCUT2D eigenvalue weighted by Crippen LogP contribution is 2.39. The first-order valence-corrected chi connectivity index (χ1v) is 14.2. The van der Waals surface area contributed by atoms with Gasteiger partial charge in [0.2, 0.25) is 6.41 Å². The number of benzene rings is 4. The molecule has 0 aliphatic carbocycles. The molecular weight excluding hydrogens is 542 g/mol. The van der Waals surface area contributed by atoms with Crippen molar-refractivity contribution < 1.29 is 19.0 Å². The van der Waals surface area contributed by atoms with Crippen LogP contribution in [0.5, 0.6) is 23.0 Å². The molecule has 0 spiro atoms. The Labute approximate surface area is 250 Å². The van der Waals surface area contributed by atoms with Crippen LogP contribution in [0, 0.1) is 11.3 Å². The summed E-state index contributed by atoms with van der Waals surface area (Å²) >= 11 is 0. The zero-order valence-electron chi connectivity index (χ0n) is 24.1. The SMILES string of the molecule is CCOc1cc2ncc(C#N)c(N3CCN(N(C=O)c4ccccc4Oc4cccc5ccccc45)CC3)c2cc1OC. The molecule has 43 heavy (non-hydrogen) atoms. The number of para-hydroxylation sites is 2. The number of anilines is 2. The predicted octanol–water partition coefficient (Wildman–Crippen LogP) is 6.16. The van der Waals surface area contributed by atoms with E-state index in [1.165, 1.54) is 0 Å². The third-order valence-electron chi connectivity index (χ3n) is 7.60. The number of amides is 1. The second-order valence-corrected chi connectivity index (χ2v) is 10.0. The van der Waals surface area contributed by atoms with Gasteiger partial charge in [0.1, 0.15) is 17.5 Å². The van der Waals surface area contributed by atoms with E-state index in [0.717, 1.165) is 39.5 Å². The molecule has 1 aliphatic heterocycles. The number of carbonyl (C=O) groups is 1. The van der Waals surface area contributed by atoms with Gasteiger partial charge in [-0.2, -0.15) is 5.26 Å². The lowest BCUT2D eigenvalue weighted by atomic mass is 10.1. The number of piperazine rings is 1. The molecule has 1 aliphatic rings. The number of ether oxygens (including phenoxy) is 3. The molecular formula is C34H31N5O4. The lowest BCUT2D eigenvalue weighted by Crippen LogP contribution is -2.54. The number of hydrogen-bond donors (Lipinski definition) is 0. The number of hydrazine groups is 1. The average molecular weight is 574 g/mol. The number of pyridine rings is 1. The molecule has 6 rings (SSSR count). The van der Waals surface area contributed by atoms with Gasteiger partial charge in [0.15, 0.2) is 17.2 Å². The normalized spacial score (nSPS) is 13.5. The van der Waals surface area contributed by atoms with E-state index in [1.54, 1.807) is 18.3 Å². The van der Waals surface area contributed by atoms with Gasteiger partial charge in [0.05, 0.1) is 30.5 Å². The molecule has 1 saturated heterocycles. The summed E-state index contributed by atoms with van der Waals surface area (Å²) in [6, 6.07) is 27.6. The molecule has 1 aromatic heterocycles. The fraction of sp³-hybridized carbons (Fsp3) is 0.206. The summed E-state index contributed by atoms with van der Waals surface area (Å²) in [6.45, 7) is 4.67. The van der Waals surface area contributed by atoms with Gasteiger partial charge in [-0.15, -0.1) is 0 Å². The average Bonchev–Trinajstić information content (AvgIpc) is 3.05. The number of rotatable bonds is 9. The highest BCUT2D eigenvalue weighted by molar-refractivity contribution is 5.96. The molecule has 5 aromatic rings. The molecule has 1 amide bonds. The maximum Gasteiger partial charge on any atom is 0.228 e. The number of aromatic nitrogens is 1. The molecule has 1 fully saturated rings. The van der Waals surface area contributed by atoms with Crippen LogP contribution in [0.2, 0.25) is 0 Å². The summed E-state index contributed by atoms with van der Waals surface area (Å²) in [7, 11) is 1.60. The third kappa shape index (κ3) is 5.36. The molecule has 4 aromatic carbocycles. The van der Waals surface area contributed by atoms with Crippen molar-refractivity contribution >= 4 is 39.5 Å². The molecule has 0 radical (unpaired) electrons. The first kappa shape index (κ1) is 27.8. The van der Waals surface area contributed by atoms with Crippen LogP contribution in [-0.2, 0) is 4.79 Å². The monoisotopic (exact) mass is 573 g/mol. The van der Waals surface area contributed by atoms with Gasteiger partial charge in [0, 0.05) is 49.2 Å². The van der Waals surface area contributed by atoms with Crippen molar-refractivity contribution in [2.75, 3.05) is 49.8 Å². The van der Waals surface area contributed by atoms with Crippen LogP contribution < -0.4 is 24.1 Å². The van der Waals surface area contributed by atoms with Gasteiger partial charge < -0.3 is 19.1 Å². The topological polar surface area (TPSA) is 91.2 Å². The van der Waals surface area contributed by atoms with Crippen LogP contribution in [0.25, 0.3) is 21.7 Å². The summed E-state index contributed by atoms with van der Waals surface area (Å²) in [5.41, 5.74) is 2.65. The van der Waals surface area contributed by atoms with Crippen LogP contribution in [0.15, 0.2) is 85.1 Å². The summed E-state index contributed by atoms with van der Waals surface area (Å²) in [5.74, 6) is 2.49. The Bertz CT molecular complexity index is 1820. The van der Waals surface area contributed by atoms with E-state index in [1.807, 2.05) is 90.8 Å². The van der Waals surface area contributed by atoms with E-state index >= 15 is 0 Å². The number of methoxy groups -OCH3 is 1. The first-order chi connectivity index (χ1) is 21.1. The minimum Gasteiger partial charge on any atom is -0.493 e. The number of hydrogen-bond acceptors (Lipinski definition) is 8. The van der Waals surface area contributed by atoms with Crippen molar-refractivity contribution in [1.82, 2.24) is 9.99 Å². The molecule has 2 heterocycles. The van der Waals surface area contributed by atoms with Crippen molar-refractivity contribution in [3.8, 4) is 29.1 Å². The Morgan fingerprint density at radius 3 is 2.42 bits per heavy atom. The molecule has 0 bridgehead atoms. The van der Waals surface area contributed by atoms with Gasteiger partial charge in [-0.25, -0.2) is 10.0 Å². The number of nitrogens with zero attached hydrogens (tertiary/aromatic N) is 5. The van der Waals surface area contributed by atoms with E-state index in [0.29, 0.717) is 61.3 Å². The largest absolute Gasteiger partial charge is 0.493 e. The van der Waals surface area contributed by atoms with Crippen molar-refractivity contribution in [3.05, 3.63) is 90.6 Å². The van der Waals surface area contributed by atoms with Crippen LogP contribution in [-0.4, -0.2) is 56.3 Å². The van der Waals surface area contributed by atoms with Gasteiger partial charge in [-0.05, 0) is 36.6 Å². The lowest BCUT2D eigenvalue weighted by molar-refractivity contribution is -0.110. The van der Waals surface area contributed by atoms with Crippen LogP contribution in [0.3, 0.4) is 0 Å². The zero-order valence-corrected chi connectivity index (χ0v) is 24.1. The fourth-order valence-corrected chi connectivity index (χ4v) is 5.58. The van der Waals surface area contributed by atoms with E-state index in [2.05, 4.69) is 16.0 Å². The minimum atomic E-state index is 0.480. The Morgan fingerprint density at radius 1 is 0.907 bits per heavy atom. The van der Waals surface area contributed by atoms with Gasteiger partial charge in [-0.1, -0.05) is 48.5 Å². The number of fused-ring (bicyclic) bond motifs is 2. The van der Waals surface area contributed by atoms with Crippen molar-refractivity contribution in [2.45, 2.75) is 6.92 Å². The third-order valence-corrected chi connectivity index (χ3v) is 7.60. The van der Waals surface area contributed by atoms with Crippen molar-refractivity contribution in [2.24, 2.45) is 0 Å². The summed E-state index contributed by atoms with van der Waals surface area (Å²) in [6.07, 6.45) is 2.43. The molecule has 0 N–H and O–H groups in total. The first-order valence-electron chi connectivity index (χ1n) is 14.2. The highest BCUT2D eigenvalue weighted by Gasteiger charge is 2.27. The van der Waals surface area contributed by atoms with Crippen LogP contribution in [0.1, 0.15) is 12.5 Å². The predicted molar refractivity (Wildman–Crippen MR) is 167 cm³/mol. The van der Waals surface area contributed by atoms with E-state index in [4.69, 9.17) is 14.2 Å². The van der Waals surface area contributed by atoms with Crippen molar-refractivity contribution in [3.63, 3.8) is 0 Å². The van der Waals surface area contributed by atoms with Gasteiger partial charge in [-0.3, -0.25) is 9.78 Å². The Morgan fingerprint density at radius 2 is 1.65 bits per heavy atom. The van der Waals surface area contributed by atoms with E-state index in [-0.39, 0.29) is 0 Å². The van der Waals surface area contributed by atoms with E-state index in [9.17, 15) is 10.1 Å². The molecule has 0 saturated carbocycles. The maximum atomic E-state index is 12.5. The Hall–Kier alpha value is -5.33. The molecule has 0 atom stereocenters. The van der Waals surface area contributed by atoms with Crippen molar-refractivity contribution in [1.29, 1.82) is 5.26 Å². The van der Waals surface area contributed by atoms with Gasteiger partial charge in [0.25, 0.3) is 0 Å². The summed E-state index contributed by atoms with van der Waals surface area (Å²) in [4.78, 5) is 19.2. The maximum absolute atomic E-state index is 12.5. The van der Waals surface area contributed by atoms with Gasteiger partial charge >= 0.3 is 0 Å². The molecule has 9 heteroatoms. The second kappa shape index (κ2) is 12.3. The fourth-order valence-electron chi connectivity index (χ4n) is 5.58. The molecule has 216 valence electrons.